The summed E-state index contributed by atoms with van der Waals surface area (Å²) < 4.78 is 39.4. The zero-order chi connectivity index (χ0) is 15.7. The van der Waals surface area contributed by atoms with Gasteiger partial charge in [-0.1, -0.05) is 0 Å². The summed E-state index contributed by atoms with van der Waals surface area (Å²) in [6, 6.07) is 6.44. The first kappa shape index (κ1) is 15.0. The van der Waals surface area contributed by atoms with Crippen LogP contribution in [0.4, 0.5) is 13.2 Å². The summed E-state index contributed by atoms with van der Waals surface area (Å²) >= 11 is 1.42. The number of halogens is 3. The topological polar surface area (TPSA) is 59.9 Å². The fourth-order valence-corrected chi connectivity index (χ4v) is 3.00. The van der Waals surface area contributed by atoms with Gasteiger partial charge in [-0.05, 0) is 51.7 Å². The Balaban J connectivity index is 2.10. The molecule has 0 saturated carbocycles. The minimum atomic E-state index is -4.44. The molecule has 0 amide bonds. The molecule has 114 valence electrons. The lowest BCUT2D eigenvalue weighted by Gasteiger charge is -2.17. The summed E-state index contributed by atoms with van der Waals surface area (Å²) in [5, 5.41) is 12.7. The maximum atomic E-state index is 13.1. The molecule has 4 nitrogen and oxygen atoms in total. The number of hydrogen-bond donors (Lipinski definition) is 3. The van der Waals surface area contributed by atoms with Gasteiger partial charge >= 0.3 is 6.18 Å². The van der Waals surface area contributed by atoms with E-state index in [-0.39, 0.29) is 0 Å². The molecule has 1 aliphatic heterocycles. The van der Waals surface area contributed by atoms with Gasteiger partial charge in [-0.3, -0.25) is 0 Å². The highest BCUT2D eigenvalue weighted by molar-refractivity contribution is 7.08. The molecule has 2 unspecified atom stereocenters. The van der Waals surface area contributed by atoms with Gasteiger partial charge in [0.05, 0.1) is 17.7 Å². The highest BCUT2D eigenvalue weighted by Crippen LogP contribution is 2.36. The Morgan fingerprint density at radius 3 is 2.59 bits per heavy atom. The lowest BCUT2D eigenvalue weighted by atomic mass is 9.95. The van der Waals surface area contributed by atoms with Gasteiger partial charge in [0, 0.05) is 0 Å². The van der Waals surface area contributed by atoms with E-state index < -0.39 is 23.8 Å². The third-order valence-corrected chi connectivity index (χ3v) is 4.11. The standard InChI is InChI=1S/C14H11F3N4S/c15-14(16,17)11-4-9(8-1-2-22-7-8)3-10(5-11)13-12(6-18)19-21-20-13/h1-5,7,12-13,19-21H. The molecular formula is C14H11F3N4S. The van der Waals surface area contributed by atoms with Crippen LogP contribution in [-0.4, -0.2) is 6.04 Å². The molecule has 1 fully saturated rings. The molecule has 2 atom stereocenters. The van der Waals surface area contributed by atoms with Gasteiger partial charge in [0.2, 0.25) is 0 Å². The van der Waals surface area contributed by atoms with Crippen molar-refractivity contribution in [2.45, 2.75) is 18.3 Å². The smallest absolute Gasteiger partial charge is 0.234 e. The Labute approximate surface area is 128 Å². The number of nitrogens with one attached hydrogen (secondary N) is 3. The van der Waals surface area contributed by atoms with Crippen molar-refractivity contribution in [2.24, 2.45) is 0 Å². The number of hydrogen-bond acceptors (Lipinski definition) is 5. The molecule has 0 aliphatic carbocycles. The molecule has 2 aromatic rings. The third kappa shape index (κ3) is 2.84. The third-order valence-electron chi connectivity index (χ3n) is 3.42. The SMILES string of the molecule is N#CC1NNNC1c1cc(-c2ccsc2)cc(C(F)(F)F)c1. The number of nitrogens with zero attached hydrogens (tertiary/aromatic N) is 1. The molecule has 1 aromatic heterocycles. The Bertz CT molecular complexity index is 706. The van der Waals surface area contributed by atoms with Gasteiger partial charge in [-0.25, -0.2) is 10.9 Å². The predicted molar refractivity (Wildman–Crippen MR) is 76.3 cm³/mol. The number of rotatable bonds is 2. The summed E-state index contributed by atoms with van der Waals surface area (Å²) in [5.74, 6) is 0. The first-order valence-corrected chi connectivity index (χ1v) is 7.34. The lowest BCUT2D eigenvalue weighted by Crippen LogP contribution is -2.32. The summed E-state index contributed by atoms with van der Waals surface area (Å²) in [5.41, 5.74) is 8.91. The quantitative estimate of drug-likeness (QED) is 0.795. The van der Waals surface area contributed by atoms with Crippen molar-refractivity contribution < 1.29 is 13.2 Å². The monoisotopic (exact) mass is 324 g/mol. The van der Waals surface area contributed by atoms with Crippen molar-refractivity contribution in [3.05, 3.63) is 46.2 Å². The van der Waals surface area contributed by atoms with E-state index in [1.807, 2.05) is 11.4 Å². The first-order chi connectivity index (χ1) is 10.5. The van der Waals surface area contributed by atoms with E-state index in [9.17, 15) is 13.2 Å². The normalized spacial score (nSPS) is 21.7. The van der Waals surface area contributed by atoms with Crippen LogP contribution in [0.2, 0.25) is 0 Å². The molecule has 8 heteroatoms. The summed E-state index contributed by atoms with van der Waals surface area (Å²) in [6.07, 6.45) is -4.44. The maximum absolute atomic E-state index is 13.1. The second-order valence-electron chi connectivity index (χ2n) is 4.85. The summed E-state index contributed by atoms with van der Waals surface area (Å²) in [6.45, 7) is 0. The fourth-order valence-electron chi connectivity index (χ4n) is 2.34. The van der Waals surface area contributed by atoms with E-state index in [2.05, 4.69) is 16.4 Å². The van der Waals surface area contributed by atoms with Crippen LogP contribution in [0.25, 0.3) is 11.1 Å². The number of nitriles is 1. The zero-order valence-corrected chi connectivity index (χ0v) is 11.9. The van der Waals surface area contributed by atoms with Crippen molar-refractivity contribution in [3.8, 4) is 17.2 Å². The van der Waals surface area contributed by atoms with Crippen LogP contribution in [0.5, 0.6) is 0 Å². The molecule has 1 aromatic carbocycles. The van der Waals surface area contributed by atoms with E-state index in [4.69, 9.17) is 5.26 Å². The first-order valence-electron chi connectivity index (χ1n) is 6.39. The Morgan fingerprint density at radius 2 is 1.95 bits per heavy atom. The Morgan fingerprint density at radius 1 is 1.14 bits per heavy atom. The maximum Gasteiger partial charge on any atom is 0.416 e. The average molecular weight is 324 g/mol. The highest BCUT2D eigenvalue weighted by Gasteiger charge is 2.34. The fraction of sp³-hybridized carbons (Fsp3) is 0.214. The van der Waals surface area contributed by atoms with E-state index >= 15 is 0 Å². The van der Waals surface area contributed by atoms with Gasteiger partial charge in [-0.2, -0.15) is 35.3 Å². The van der Waals surface area contributed by atoms with Crippen molar-refractivity contribution in [1.82, 2.24) is 16.4 Å². The minimum Gasteiger partial charge on any atom is -0.234 e. The minimum absolute atomic E-state index is 0.403. The molecule has 3 N–H and O–H groups in total. The number of hydrazine groups is 2. The van der Waals surface area contributed by atoms with Crippen molar-refractivity contribution in [3.63, 3.8) is 0 Å². The Kier molecular flexibility index (Phi) is 3.88. The van der Waals surface area contributed by atoms with Crippen LogP contribution in [-0.2, 0) is 6.18 Å². The molecule has 0 radical (unpaired) electrons. The van der Waals surface area contributed by atoms with Crippen molar-refractivity contribution in [2.75, 3.05) is 0 Å². The molecule has 22 heavy (non-hydrogen) atoms. The second-order valence-corrected chi connectivity index (χ2v) is 5.63. The molecule has 1 saturated heterocycles. The number of benzene rings is 1. The van der Waals surface area contributed by atoms with E-state index in [1.54, 1.807) is 17.5 Å². The van der Waals surface area contributed by atoms with Crippen LogP contribution in [0.15, 0.2) is 35.0 Å². The summed E-state index contributed by atoms with van der Waals surface area (Å²) in [4.78, 5) is 0. The highest BCUT2D eigenvalue weighted by atomic mass is 32.1. The van der Waals surface area contributed by atoms with Crippen LogP contribution >= 0.6 is 11.3 Å². The zero-order valence-electron chi connectivity index (χ0n) is 11.1. The van der Waals surface area contributed by atoms with Crippen molar-refractivity contribution >= 4 is 11.3 Å². The molecule has 0 spiro atoms. The van der Waals surface area contributed by atoms with E-state index in [0.29, 0.717) is 11.1 Å². The second kappa shape index (κ2) is 5.70. The van der Waals surface area contributed by atoms with Crippen LogP contribution in [0, 0.1) is 11.3 Å². The van der Waals surface area contributed by atoms with Gasteiger partial charge in [-0.15, -0.1) is 0 Å². The number of alkyl halides is 3. The van der Waals surface area contributed by atoms with E-state index in [1.165, 1.54) is 11.3 Å². The molecule has 2 heterocycles. The average Bonchev–Trinajstić information content (AvgIpc) is 3.17. The Hall–Kier alpha value is -1.92. The molecule has 0 bridgehead atoms. The van der Waals surface area contributed by atoms with Crippen molar-refractivity contribution in [1.29, 1.82) is 5.26 Å². The molecular weight excluding hydrogens is 313 g/mol. The van der Waals surface area contributed by atoms with E-state index in [0.717, 1.165) is 17.7 Å². The van der Waals surface area contributed by atoms with Gasteiger partial charge in [0.15, 0.2) is 0 Å². The largest absolute Gasteiger partial charge is 0.416 e. The molecule has 1 aliphatic rings. The molecule has 3 rings (SSSR count). The van der Waals surface area contributed by atoms with Crippen LogP contribution < -0.4 is 16.4 Å². The van der Waals surface area contributed by atoms with Crippen LogP contribution in [0.1, 0.15) is 17.2 Å². The number of thiophene rings is 1. The summed E-state index contributed by atoms with van der Waals surface area (Å²) in [7, 11) is 0. The predicted octanol–water partition coefficient (Wildman–Crippen LogP) is 2.98. The lowest BCUT2D eigenvalue weighted by molar-refractivity contribution is -0.137. The van der Waals surface area contributed by atoms with Gasteiger partial charge in [0.1, 0.15) is 6.04 Å². The van der Waals surface area contributed by atoms with Gasteiger partial charge in [0.25, 0.3) is 0 Å². The van der Waals surface area contributed by atoms with Gasteiger partial charge < -0.3 is 0 Å². The van der Waals surface area contributed by atoms with Crippen LogP contribution in [0.3, 0.4) is 0 Å².